The molecule has 2 heterocycles. The van der Waals surface area contributed by atoms with Crippen molar-refractivity contribution < 1.29 is 13.9 Å². The maximum atomic E-state index is 14.0. The lowest BCUT2D eigenvalue weighted by atomic mass is 9.84. The van der Waals surface area contributed by atoms with Gasteiger partial charge in [-0.05, 0) is 76.4 Å². The Morgan fingerprint density at radius 3 is 2.48 bits per heavy atom. The van der Waals surface area contributed by atoms with Crippen LogP contribution < -0.4 is 15.0 Å². The zero-order chi connectivity index (χ0) is 23.6. The van der Waals surface area contributed by atoms with Crippen LogP contribution in [-0.4, -0.2) is 47.5 Å². The van der Waals surface area contributed by atoms with E-state index in [9.17, 15) is 9.18 Å². The normalized spacial score (nSPS) is 19.7. The molecule has 0 atom stereocenters. The Kier molecular flexibility index (Phi) is 6.70. The number of likely N-dealkylation sites (tertiary alicyclic amines) is 1. The number of anilines is 1. The van der Waals surface area contributed by atoms with Crippen LogP contribution in [0.4, 0.5) is 14.9 Å². The van der Waals surface area contributed by atoms with Crippen LogP contribution in [0, 0.1) is 5.82 Å². The van der Waals surface area contributed by atoms with E-state index < -0.39 is 5.54 Å². The first-order valence-corrected chi connectivity index (χ1v) is 11.7. The molecule has 6 nitrogen and oxygen atoms in total. The van der Waals surface area contributed by atoms with Crippen molar-refractivity contribution in [3.05, 3.63) is 59.9 Å². The van der Waals surface area contributed by atoms with Crippen molar-refractivity contribution in [1.82, 2.24) is 10.2 Å². The molecular formula is C26H33FN4O2. The lowest BCUT2D eigenvalue weighted by Crippen LogP contribution is -2.57. The van der Waals surface area contributed by atoms with Crippen LogP contribution in [0.1, 0.15) is 46.1 Å². The van der Waals surface area contributed by atoms with Crippen molar-refractivity contribution in [3.8, 4) is 5.75 Å². The summed E-state index contributed by atoms with van der Waals surface area (Å²) in [5, 5.41) is 2.98. The molecule has 2 fully saturated rings. The molecule has 0 aromatic heterocycles. The fraction of sp³-hybridized carbons (Fsp3) is 0.462. The lowest BCUT2D eigenvalue weighted by molar-refractivity contribution is 0.183. The van der Waals surface area contributed by atoms with Gasteiger partial charge in [0.1, 0.15) is 22.9 Å². The maximum Gasteiger partial charge on any atom is 0.328 e. The number of hydrogen-bond acceptors (Lipinski definition) is 4. The van der Waals surface area contributed by atoms with Gasteiger partial charge in [0, 0.05) is 31.4 Å². The molecule has 2 saturated heterocycles. The predicted molar refractivity (Wildman–Crippen MR) is 129 cm³/mol. The molecule has 0 aliphatic carbocycles. The third-order valence-electron chi connectivity index (χ3n) is 6.11. The van der Waals surface area contributed by atoms with Gasteiger partial charge in [-0.3, -0.25) is 20.1 Å². The van der Waals surface area contributed by atoms with Crippen LogP contribution in [0.2, 0.25) is 0 Å². The maximum absolute atomic E-state index is 14.0. The van der Waals surface area contributed by atoms with E-state index in [2.05, 4.69) is 22.3 Å². The standard InChI is InChI=1S/C26H33FN4O2/c1-18(2)28-24-26(31(25(32)29-24)22-9-6-8-21(27)16-22)11-13-30(14-12-26)17-20-7-5-10-23(15-20)33-19(3)4/h5-10,15-16,18-19H,11-14,17H2,1-4H3,(H,28,29,32). The number of nitrogens with one attached hydrogen (secondary N) is 1. The summed E-state index contributed by atoms with van der Waals surface area (Å²) in [6.07, 6.45) is 1.57. The predicted octanol–water partition coefficient (Wildman–Crippen LogP) is 4.98. The highest BCUT2D eigenvalue weighted by molar-refractivity contribution is 6.19. The minimum Gasteiger partial charge on any atom is -0.491 e. The highest BCUT2D eigenvalue weighted by Gasteiger charge is 2.53. The van der Waals surface area contributed by atoms with Crippen molar-refractivity contribution in [3.63, 3.8) is 0 Å². The Bertz CT molecular complexity index is 1030. The van der Waals surface area contributed by atoms with Crippen LogP contribution in [0.5, 0.6) is 5.75 Å². The molecule has 0 unspecified atom stereocenters. The summed E-state index contributed by atoms with van der Waals surface area (Å²) >= 11 is 0. The molecule has 2 aromatic rings. The summed E-state index contributed by atoms with van der Waals surface area (Å²) in [6, 6.07) is 14.3. The van der Waals surface area contributed by atoms with Crippen molar-refractivity contribution in [2.45, 2.75) is 64.8 Å². The fourth-order valence-electron chi connectivity index (χ4n) is 4.75. The van der Waals surface area contributed by atoms with Gasteiger partial charge in [-0.15, -0.1) is 0 Å². The van der Waals surface area contributed by atoms with Crippen molar-refractivity contribution in [1.29, 1.82) is 0 Å². The first-order chi connectivity index (χ1) is 15.8. The number of rotatable bonds is 6. The van der Waals surface area contributed by atoms with Gasteiger partial charge in [0.15, 0.2) is 0 Å². The zero-order valence-corrected chi connectivity index (χ0v) is 19.8. The molecule has 2 aromatic carbocycles. The van der Waals surface area contributed by atoms with E-state index in [1.54, 1.807) is 17.0 Å². The number of ether oxygens (including phenoxy) is 1. The number of hydrogen-bond donors (Lipinski definition) is 1. The number of urea groups is 1. The van der Waals surface area contributed by atoms with Crippen molar-refractivity contribution in [2.24, 2.45) is 4.99 Å². The van der Waals surface area contributed by atoms with Crippen LogP contribution in [-0.2, 0) is 6.54 Å². The highest BCUT2D eigenvalue weighted by atomic mass is 19.1. The summed E-state index contributed by atoms with van der Waals surface area (Å²) in [7, 11) is 0. The van der Waals surface area contributed by atoms with Gasteiger partial charge in [-0.1, -0.05) is 18.2 Å². The van der Waals surface area contributed by atoms with Gasteiger partial charge in [0.2, 0.25) is 0 Å². The van der Waals surface area contributed by atoms with Crippen LogP contribution in [0.3, 0.4) is 0 Å². The number of aliphatic imine (C=N–C) groups is 1. The molecule has 2 aliphatic rings. The lowest BCUT2D eigenvalue weighted by Gasteiger charge is -2.43. The highest BCUT2D eigenvalue weighted by Crippen LogP contribution is 2.38. The first kappa shape index (κ1) is 23.2. The second-order valence-electron chi connectivity index (χ2n) is 9.44. The van der Waals surface area contributed by atoms with E-state index in [1.807, 2.05) is 39.8 Å². The molecular weight excluding hydrogens is 419 g/mol. The van der Waals surface area contributed by atoms with E-state index in [0.29, 0.717) is 11.5 Å². The SMILES string of the molecule is CC(C)N=C1NC(=O)N(c2cccc(F)c2)C12CCN(Cc1cccc(OC(C)C)c1)CC2. The third kappa shape index (κ3) is 5.03. The largest absolute Gasteiger partial charge is 0.491 e. The molecule has 0 saturated carbocycles. The van der Waals surface area contributed by atoms with Gasteiger partial charge in [0.25, 0.3) is 0 Å². The van der Waals surface area contributed by atoms with Gasteiger partial charge >= 0.3 is 6.03 Å². The second kappa shape index (κ2) is 9.51. The van der Waals surface area contributed by atoms with Crippen LogP contribution in [0.15, 0.2) is 53.5 Å². The second-order valence-corrected chi connectivity index (χ2v) is 9.44. The quantitative estimate of drug-likeness (QED) is 0.672. The molecule has 33 heavy (non-hydrogen) atoms. The first-order valence-electron chi connectivity index (χ1n) is 11.7. The monoisotopic (exact) mass is 452 g/mol. The smallest absolute Gasteiger partial charge is 0.328 e. The average molecular weight is 453 g/mol. The molecule has 0 radical (unpaired) electrons. The Balaban J connectivity index is 1.56. The molecule has 2 aliphatic heterocycles. The molecule has 2 amide bonds. The number of carbonyl (C=O) groups excluding carboxylic acids is 1. The molecule has 176 valence electrons. The zero-order valence-electron chi connectivity index (χ0n) is 19.8. The minimum atomic E-state index is -0.589. The Morgan fingerprint density at radius 2 is 1.82 bits per heavy atom. The van der Waals surface area contributed by atoms with E-state index in [1.165, 1.54) is 17.7 Å². The molecule has 7 heteroatoms. The Labute approximate surface area is 195 Å². The molecule has 4 rings (SSSR count). The topological polar surface area (TPSA) is 57.2 Å². The number of halogens is 1. The number of piperidine rings is 1. The summed E-state index contributed by atoms with van der Waals surface area (Å²) in [4.78, 5) is 21.9. The van der Waals surface area contributed by atoms with E-state index in [0.717, 1.165) is 38.2 Å². The van der Waals surface area contributed by atoms with Crippen LogP contribution in [0.25, 0.3) is 0 Å². The van der Waals surface area contributed by atoms with Crippen LogP contribution >= 0.6 is 0 Å². The summed E-state index contributed by atoms with van der Waals surface area (Å²) in [5.41, 5.74) is 1.17. The Morgan fingerprint density at radius 1 is 1.09 bits per heavy atom. The number of amides is 2. The van der Waals surface area contributed by atoms with Crippen molar-refractivity contribution in [2.75, 3.05) is 18.0 Å². The van der Waals surface area contributed by atoms with E-state index >= 15 is 0 Å². The fourth-order valence-corrected chi connectivity index (χ4v) is 4.75. The average Bonchev–Trinajstić information content (AvgIpc) is 2.99. The summed E-state index contributed by atoms with van der Waals surface area (Å²) in [5.74, 6) is 1.22. The summed E-state index contributed by atoms with van der Waals surface area (Å²) in [6.45, 7) is 10.4. The Hall–Kier alpha value is -2.93. The molecule has 0 bridgehead atoms. The number of amidine groups is 1. The van der Waals surface area contributed by atoms with E-state index in [-0.39, 0.29) is 24.0 Å². The van der Waals surface area contributed by atoms with Gasteiger partial charge < -0.3 is 4.74 Å². The third-order valence-corrected chi connectivity index (χ3v) is 6.11. The van der Waals surface area contributed by atoms with Gasteiger partial charge in [0.05, 0.1) is 6.10 Å². The minimum absolute atomic E-state index is 0.0476. The van der Waals surface area contributed by atoms with Gasteiger partial charge in [-0.25, -0.2) is 9.18 Å². The molecule has 1 N–H and O–H groups in total. The molecule has 1 spiro atoms. The summed E-state index contributed by atoms with van der Waals surface area (Å²) < 4.78 is 19.9. The number of nitrogens with zero attached hydrogens (tertiary/aromatic N) is 3. The number of carbonyl (C=O) groups is 1. The van der Waals surface area contributed by atoms with E-state index in [4.69, 9.17) is 9.73 Å². The number of benzene rings is 2. The van der Waals surface area contributed by atoms with Crippen molar-refractivity contribution >= 4 is 17.6 Å². The van der Waals surface area contributed by atoms with Gasteiger partial charge in [-0.2, -0.15) is 0 Å².